The number of anilines is 1. The highest BCUT2D eigenvalue weighted by Gasteiger charge is 2.20. The molecule has 8 heteroatoms. The summed E-state index contributed by atoms with van der Waals surface area (Å²) in [6.07, 6.45) is 2.91. The van der Waals surface area contributed by atoms with Crippen molar-refractivity contribution < 1.29 is 17.6 Å². The summed E-state index contributed by atoms with van der Waals surface area (Å²) in [5.41, 5.74) is 2.40. The largest absolute Gasteiger partial charge is 0.361 e. The molecular formula is C14H8F4N4. The molecule has 3 rings (SSSR count). The first-order valence-electron chi connectivity index (χ1n) is 6.13. The van der Waals surface area contributed by atoms with E-state index in [9.17, 15) is 17.6 Å². The van der Waals surface area contributed by atoms with Gasteiger partial charge in [0.05, 0.1) is 6.21 Å². The summed E-state index contributed by atoms with van der Waals surface area (Å²) < 4.78 is 52.6. The number of nitrogens with one attached hydrogen (secondary N) is 2. The summed E-state index contributed by atoms with van der Waals surface area (Å²) in [6.45, 7) is 0. The maximum absolute atomic E-state index is 13.4. The zero-order valence-electron chi connectivity index (χ0n) is 10.9. The van der Waals surface area contributed by atoms with Gasteiger partial charge in [0.1, 0.15) is 5.69 Å². The van der Waals surface area contributed by atoms with Crippen LogP contribution < -0.4 is 5.43 Å². The van der Waals surface area contributed by atoms with Crippen molar-refractivity contribution in [1.29, 1.82) is 0 Å². The van der Waals surface area contributed by atoms with Gasteiger partial charge in [-0.25, -0.2) is 0 Å². The van der Waals surface area contributed by atoms with E-state index in [4.69, 9.17) is 0 Å². The molecule has 0 aliphatic rings. The minimum absolute atomic E-state index is 0.638. The number of pyridine rings is 1. The van der Waals surface area contributed by atoms with Crippen molar-refractivity contribution in [3.63, 3.8) is 0 Å². The SMILES string of the molecule is Fc1nc(F)c(F)c(N/N=C/c2c[nH]c3ccccc23)c1F. The van der Waals surface area contributed by atoms with Crippen molar-refractivity contribution in [2.45, 2.75) is 0 Å². The second-order valence-electron chi connectivity index (χ2n) is 4.36. The molecule has 0 radical (unpaired) electrons. The molecule has 112 valence electrons. The number of para-hydroxylation sites is 1. The standard InChI is InChI=1S/C14H8F4N4/c15-10-12(11(16)14(18)21-13(10)17)22-20-6-7-5-19-9-4-2-1-3-8(7)9/h1-6,19H,(H,21,22)/b20-6+. The first kappa shape index (κ1) is 14.1. The number of aromatic nitrogens is 2. The predicted molar refractivity (Wildman–Crippen MR) is 73.6 cm³/mol. The average molecular weight is 308 g/mol. The van der Waals surface area contributed by atoms with Gasteiger partial charge in [0.25, 0.3) is 11.9 Å². The lowest BCUT2D eigenvalue weighted by Gasteiger charge is -2.04. The van der Waals surface area contributed by atoms with Crippen molar-refractivity contribution in [2.24, 2.45) is 5.10 Å². The molecule has 0 aliphatic carbocycles. The Balaban J connectivity index is 1.89. The highest BCUT2D eigenvalue weighted by Crippen LogP contribution is 2.22. The van der Waals surface area contributed by atoms with E-state index < -0.39 is 29.2 Å². The highest BCUT2D eigenvalue weighted by molar-refractivity contribution is 5.99. The molecule has 0 saturated carbocycles. The van der Waals surface area contributed by atoms with E-state index in [-0.39, 0.29) is 0 Å². The lowest BCUT2D eigenvalue weighted by Crippen LogP contribution is -2.05. The van der Waals surface area contributed by atoms with E-state index in [2.05, 4.69) is 15.1 Å². The van der Waals surface area contributed by atoms with Gasteiger partial charge < -0.3 is 4.98 Å². The van der Waals surface area contributed by atoms with Gasteiger partial charge in [-0.1, -0.05) is 18.2 Å². The van der Waals surface area contributed by atoms with Crippen LogP contribution in [-0.2, 0) is 0 Å². The molecular weight excluding hydrogens is 300 g/mol. The summed E-state index contributed by atoms with van der Waals surface area (Å²) in [5, 5.41) is 4.44. The van der Waals surface area contributed by atoms with Crippen molar-refractivity contribution in [2.75, 3.05) is 5.43 Å². The number of hydrogen-bond acceptors (Lipinski definition) is 3. The Bertz CT molecular complexity index is 846. The molecule has 0 aliphatic heterocycles. The highest BCUT2D eigenvalue weighted by atomic mass is 19.2. The van der Waals surface area contributed by atoms with E-state index >= 15 is 0 Å². The van der Waals surface area contributed by atoms with E-state index in [1.165, 1.54) is 6.21 Å². The number of fused-ring (bicyclic) bond motifs is 1. The van der Waals surface area contributed by atoms with E-state index in [1.807, 2.05) is 29.7 Å². The molecule has 2 aromatic heterocycles. The first-order chi connectivity index (χ1) is 10.6. The smallest absolute Gasteiger partial charge is 0.254 e. The fourth-order valence-corrected chi connectivity index (χ4v) is 1.95. The second-order valence-corrected chi connectivity index (χ2v) is 4.36. The van der Waals surface area contributed by atoms with E-state index in [0.717, 1.165) is 10.9 Å². The monoisotopic (exact) mass is 308 g/mol. The maximum Gasteiger partial charge on any atom is 0.254 e. The minimum Gasteiger partial charge on any atom is -0.361 e. The summed E-state index contributed by atoms with van der Waals surface area (Å²) in [5.74, 6) is -6.78. The number of nitrogens with zero attached hydrogens (tertiary/aromatic N) is 2. The molecule has 22 heavy (non-hydrogen) atoms. The number of benzene rings is 1. The molecule has 0 amide bonds. The molecule has 1 aromatic carbocycles. The fourth-order valence-electron chi connectivity index (χ4n) is 1.95. The van der Waals surface area contributed by atoms with Gasteiger partial charge in [0.15, 0.2) is 0 Å². The molecule has 0 atom stereocenters. The lowest BCUT2D eigenvalue weighted by molar-refractivity contribution is 0.411. The van der Waals surface area contributed by atoms with Crippen molar-refractivity contribution in [3.05, 3.63) is 59.6 Å². The van der Waals surface area contributed by atoms with Gasteiger partial charge in [0.2, 0.25) is 11.6 Å². The molecule has 3 aromatic rings. The van der Waals surface area contributed by atoms with E-state index in [1.54, 1.807) is 6.20 Å². The number of aromatic amines is 1. The van der Waals surface area contributed by atoms with Gasteiger partial charge in [-0.3, -0.25) is 5.43 Å². The Hall–Kier alpha value is -2.90. The zero-order chi connectivity index (χ0) is 15.7. The van der Waals surface area contributed by atoms with Crippen LogP contribution in [0.2, 0.25) is 0 Å². The van der Waals surface area contributed by atoms with Crippen LogP contribution >= 0.6 is 0 Å². The fraction of sp³-hybridized carbons (Fsp3) is 0. The molecule has 0 bridgehead atoms. The van der Waals surface area contributed by atoms with Crippen molar-refractivity contribution in [1.82, 2.24) is 9.97 Å². The first-order valence-corrected chi connectivity index (χ1v) is 6.13. The van der Waals surface area contributed by atoms with Gasteiger partial charge in [-0.05, 0) is 6.07 Å². The summed E-state index contributed by atoms with van der Waals surface area (Å²) >= 11 is 0. The third-order valence-corrected chi connectivity index (χ3v) is 3.00. The van der Waals surface area contributed by atoms with Crippen LogP contribution in [0, 0.1) is 23.5 Å². The van der Waals surface area contributed by atoms with Crippen LogP contribution in [0.1, 0.15) is 5.56 Å². The van der Waals surface area contributed by atoms with Gasteiger partial charge in [-0.15, -0.1) is 0 Å². The van der Waals surface area contributed by atoms with Crippen molar-refractivity contribution >= 4 is 22.8 Å². The molecule has 2 heterocycles. The number of rotatable bonds is 3. The maximum atomic E-state index is 13.4. The number of hydrogen-bond donors (Lipinski definition) is 2. The second kappa shape index (κ2) is 5.47. The van der Waals surface area contributed by atoms with Gasteiger partial charge >= 0.3 is 0 Å². The minimum atomic E-state index is -1.75. The Morgan fingerprint density at radius 3 is 2.45 bits per heavy atom. The Morgan fingerprint density at radius 1 is 1.05 bits per heavy atom. The summed E-state index contributed by atoms with van der Waals surface area (Å²) in [6, 6.07) is 7.31. The van der Waals surface area contributed by atoms with Crippen LogP contribution in [0.25, 0.3) is 10.9 Å². The summed E-state index contributed by atoms with van der Waals surface area (Å²) in [7, 11) is 0. The number of hydrazone groups is 1. The predicted octanol–water partition coefficient (Wildman–Crippen LogP) is 3.57. The number of halogens is 4. The molecule has 2 N–H and O–H groups in total. The van der Waals surface area contributed by atoms with Crippen LogP contribution in [0.5, 0.6) is 0 Å². The van der Waals surface area contributed by atoms with Crippen LogP contribution in [-0.4, -0.2) is 16.2 Å². The Labute approximate surface area is 121 Å². The molecule has 4 nitrogen and oxygen atoms in total. The van der Waals surface area contributed by atoms with E-state index in [0.29, 0.717) is 5.56 Å². The van der Waals surface area contributed by atoms with Crippen LogP contribution in [0.3, 0.4) is 0 Å². The quantitative estimate of drug-likeness (QED) is 0.336. The third-order valence-electron chi connectivity index (χ3n) is 3.00. The molecule has 0 saturated heterocycles. The number of H-pyrrole nitrogens is 1. The average Bonchev–Trinajstić information content (AvgIpc) is 2.92. The van der Waals surface area contributed by atoms with Crippen LogP contribution in [0.15, 0.2) is 35.6 Å². The van der Waals surface area contributed by atoms with Gasteiger partial charge in [0, 0.05) is 22.7 Å². The summed E-state index contributed by atoms with van der Waals surface area (Å²) in [4.78, 5) is 5.43. The normalized spacial score (nSPS) is 11.5. The Morgan fingerprint density at radius 2 is 1.73 bits per heavy atom. The lowest BCUT2D eigenvalue weighted by atomic mass is 10.2. The Kier molecular flexibility index (Phi) is 3.50. The topological polar surface area (TPSA) is 53.1 Å². The molecule has 0 spiro atoms. The van der Waals surface area contributed by atoms with Gasteiger partial charge in [-0.2, -0.15) is 27.6 Å². The third kappa shape index (κ3) is 2.39. The molecule has 0 fully saturated rings. The van der Waals surface area contributed by atoms with Crippen LogP contribution in [0.4, 0.5) is 23.2 Å². The zero-order valence-corrected chi connectivity index (χ0v) is 10.9. The van der Waals surface area contributed by atoms with Crippen molar-refractivity contribution in [3.8, 4) is 0 Å². The molecule has 0 unspecified atom stereocenters.